The van der Waals surface area contributed by atoms with Crippen molar-refractivity contribution in [3.63, 3.8) is 0 Å². The Morgan fingerprint density at radius 2 is 2.36 bits per heavy atom. The minimum Gasteiger partial charge on any atom is -0.273 e. The van der Waals surface area contributed by atoms with Gasteiger partial charge in [0.15, 0.2) is 5.69 Å². The second-order valence-corrected chi connectivity index (χ2v) is 3.81. The number of hydrogen-bond acceptors (Lipinski definition) is 3. The Morgan fingerprint density at radius 1 is 1.57 bits per heavy atom. The van der Waals surface area contributed by atoms with E-state index in [0.29, 0.717) is 21.5 Å². The summed E-state index contributed by atoms with van der Waals surface area (Å²) in [4.78, 5) is 4.28. The largest absolute Gasteiger partial charge is 0.273 e. The van der Waals surface area contributed by atoms with Crippen LogP contribution in [0.4, 0.5) is 0 Å². The van der Waals surface area contributed by atoms with Crippen LogP contribution in [0.25, 0.3) is 5.65 Å². The summed E-state index contributed by atoms with van der Waals surface area (Å²) in [6, 6.07) is 7.48. The minimum atomic E-state index is 0.498. The Bertz CT molecular complexity index is 527. The third-order valence-corrected chi connectivity index (χ3v) is 2.83. The van der Waals surface area contributed by atoms with Crippen molar-refractivity contribution in [2.45, 2.75) is 5.03 Å². The van der Waals surface area contributed by atoms with Gasteiger partial charge in [-0.05, 0) is 18.4 Å². The number of rotatable bonds is 1. The van der Waals surface area contributed by atoms with Gasteiger partial charge in [-0.1, -0.05) is 17.7 Å². The number of fused-ring (bicyclic) bond motifs is 1. The maximum Gasteiger partial charge on any atom is 0.159 e. The molecule has 2 heterocycles. The van der Waals surface area contributed by atoms with Gasteiger partial charge in [0.25, 0.3) is 0 Å². The lowest BCUT2D eigenvalue weighted by Crippen LogP contribution is -1.89. The van der Waals surface area contributed by atoms with E-state index >= 15 is 0 Å². The fraction of sp³-hybridized carbons (Fsp3) is 0.111. The highest BCUT2D eigenvalue weighted by molar-refractivity contribution is 7.98. The molecule has 0 amide bonds. The van der Waals surface area contributed by atoms with Crippen LogP contribution in [0, 0.1) is 11.3 Å². The van der Waals surface area contributed by atoms with Crippen molar-refractivity contribution in [1.82, 2.24) is 9.38 Å². The van der Waals surface area contributed by atoms with Gasteiger partial charge in [0.1, 0.15) is 21.9 Å². The molecule has 2 aromatic heterocycles. The number of halogens is 1. The molecular weight excluding hydrogens is 218 g/mol. The molecule has 0 saturated heterocycles. The predicted molar refractivity (Wildman–Crippen MR) is 56.7 cm³/mol. The van der Waals surface area contributed by atoms with Crippen LogP contribution in [0.2, 0.25) is 5.15 Å². The van der Waals surface area contributed by atoms with Crippen LogP contribution in [-0.2, 0) is 0 Å². The highest BCUT2D eigenvalue weighted by Crippen LogP contribution is 2.23. The van der Waals surface area contributed by atoms with Gasteiger partial charge in [-0.15, -0.1) is 11.8 Å². The van der Waals surface area contributed by atoms with Crippen LogP contribution in [0.3, 0.4) is 0 Å². The number of hydrogen-bond donors (Lipinski definition) is 0. The molecule has 0 unspecified atom stereocenters. The third kappa shape index (κ3) is 1.26. The number of nitriles is 1. The van der Waals surface area contributed by atoms with E-state index in [-0.39, 0.29) is 0 Å². The highest BCUT2D eigenvalue weighted by Gasteiger charge is 2.12. The molecule has 0 aromatic carbocycles. The topological polar surface area (TPSA) is 41.1 Å². The average molecular weight is 224 g/mol. The summed E-state index contributed by atoms with van der Waals surface area (Å²) in [6.45, 7) is 0. The van der Waals surface area contributed by atoms with Crippen LogP contribution in [0.15, 0.2) is 23.2 Å². The van der Waals surface area contributed by atoms with Gasteiger partial charge < -0.3 is 0 Å². The number of aromatic nitrogens is 2. The fourth-order valence-corrected chi connectivity index (χ4v) is 2.03. The Balaban J connectivity index is 2.90. The second kappa shape index (κ2) is 3.52. The second-order valence-electron chi connectivity index (χ2n) is 2.62. The van der Waals surface area contributed by atoms with Gasteiger partial charge in [-0.3, -0.25) is 4.40 Å². The van der Waals surface area contributed by atoms with Gasteiger partial charge in [0.05, 0.1) is 0 Å². The van der Waals surface area contributed by atoms with Crippen molar-refractivity contribution in [2.24, 2.45) is 0 Å². The molecule has 0 fully saturated rings. The molecule has 0 aliphatic heterocycles. The molecule has 0 aliphatic carbocycles. The van der Waals surface area contributed by atoms with Crippen LogP contribution < -0.4 is 0 Å². The summed E-state index contributed by atoms with van der Waals surface area (Å²) < 4.78 is 1.65. The zero-order valence-electron chi connectivity index (χ0n) is 7.36. The maximum absolute atomic E-state index is 8.98. The molecule has 0 N–H and O–H groups in total. The molecule has 0 radical (unpaired) electrons. The van der Waals surface area contributed by atoms with E-state index in [1.165, 1.54) is 11.8 Å². The number of nitrogens with zero attached hydrogens (tertiary/aromatic N) is 3. The van der Waals surface area contributed by atoms with E-state index < -0.39 is 0 Å². The van der Waals surface area contributed by atoms with E-state index in [9.17, 15) is 0 Å². The van der Waals surface area contributed by atoms with E-state index in [0.717, 1.165) is 0 Å². The van der Waals surface area contributed by atoms with Gasteiger partial charge in [0.2, 0.25) is 0 Å². The van der Waals surface area contributed by atoms with Crippen LogP contribution in [0.1, 0.15) is 5.69 Å². The Hall–Kier alpha value is -1.18. The zero-order chi connectivity index (χ0) is 10.1. The number of pyridine rings is 1. The summed E-state index contributed by atoms with van der Waals surface area (Å²) in [6.07, 6.45) is 1.89. The summed E-state index contributed by atoms with van der Waals surface area (Å²) in [5.74, 6) is 0. The molecule has 2 aromatic rings. The lowest BCUT2D eigenvalue weighted by molar-refractivity contribution is 1.13. The highest BCUT2D eigenvalue weighted by atomic mass is 35.5. The van der Waals surface area contributed by atoms with E-state index in [1.807, 2.05) is 18.4 Å². The molecule has 70 valence electrons. The Kier molecular flexibility index (Phi) is 2.36. The van der Waals surface area contributed by atoms with Gasteiger partial charge in [0, 0.05) is 0 Å². The standard InChI is InChI=1S/C9H6ClN3S/c1-14-9-6(5-11)13-7(10)3-2-4-8(13)12-9/h2-4H,1H3. The number of imidazole rings is 1. The summed E-state index contributed by atoms with van der Waals surface area (Å²) in [7, 11) is 0. The summed E-state index contributed by atoms with van der Waals surface area (Å²) in [5, 5.41) is 10.2. The van der Waals surface area contributed by atoms with Crippen molar-refractivity contribution >= 4 is 29.0 Å². The Labute approximate surface area is 90.3 Å². The summed E-state index contributed by atoms with van der Waals surface area (Å²) in [5.41, 5.74) is 1.21. The van der Waals surface area contributed by atoms with Gasteiger partial charge in [-0.25, -0.2) is 4.98 Å². The molecule has 0 bridgehead atoms. The van der Waals surface area contributed by atoms with E-state index in [1.54, 1.807) is 10.5 Å². The minimum absolute atomic E-state index is 0.498. The SMILES string of the molecule is CSc1nc2cccc(Cl)n2c1C#N. The molecule has 3 nitrogen and oxygen atoms in total. The van der Waals surface area contributed by atoms with Gasteiger partial charge >= 0.3 is 0 Å². The average Bonchev–Trinajstić information content (AvgIpc) is 2.56. The first-order valence-electron chi connectivity index (χ1n) is 3.89. The van der Waals surface area contributed by atoms with Crippen molar-refractivity contribution in [3.8, 4) is 6.07 Å². The molecule has 2 rings (SSSR count). The van der Waals surface area contributed by atoms with Crippen molar-refractivity contribution in [2.75, 3.05) is 6.26 Å². The first kappa shape index (κ1) is 9.38. The molecular formula is C9H6ClN3S. The van der Waals surface area contributed by atoms with Crippen LogP contribution >= 0.6 is 23.4 Å². The first-order chi connectivity index (χ1) is 6.77. The molecule has 14 heavy (non-hydrogen) atoms. The predicted octanol–water partition coefficient (Wildman–Crippen LogP) is 2.58. The molecule has 5 heteroatoms. The van der Waals surface area contributed by atoms with Crippen molar-refractivity contribution in [3.05, 3.63) is 29.0 Å². The van der Waals surface area contributed by atoms with Crippen molar-refractivity contribution < 1.29 is 0 Å². The molecule has 0 aliphatic rings. The van der Waals surface area contributed by atoms with Crippen molar-refractivity contribution in [1.29, 1.82) is 5.26 Å². The molecule has 0 atom stereocenters. The lowest BCUT2D eigenvalue weighted by Gasteiger charge is -1.96. The Morgan fingerprint density at radius 3 is 3.00 bits per heavy atom. The third-order valence-electron chi connectivity index (χ3n) is 1.86. The van der Waals surface area contributed by atoms with E-state index in [2.05, 4.69) is 11.1 Å². The summed E-state index contributed by atoms with van der Waals surface area (Å²) >= 11 is 7.42. The monoisotopic (exact) mass is 223 g/mol. The maximum atomic E-state index is 8.98. The molecule has 0 spiro atoms. The number of thioether (sulfide) groups is 1. The van der Waals surface area contributed by atoms with E-state index in [4.69, 9.17) is 16.9 Å². The quantitative estimate of drug-likeness (QED) is 0.551. The van der Waals surface area contributed by atoms with Gasteiger partial charge in [-0.2, -0.15) is 5.26 Å². The first-order valence-corrected chi connectivity index (χ1v) is 5.49. The molecule has 0 saturated carbocycles. The van der Waals surface area contributed by atoms with Crippen LogP contribution in [0.5, 0.6) is 0 Å². The smallest absolute Gasteiger partial charge is 0.159 e. The van der Waals surface area contributed by atoms with Crippen LogP contribution in [-0.4, -0.2) is 15.6 Å². The normalized spacial score (nSPS) is 10.4. The fourth-order valence-electron chi connectivity index (χ4n) is 1.27. The lowest BCUT2D eigenvalue weighted by atomic mass is 10.4. The zero-order valence-corrected chi connectivity index (χ0v) is 8.93.